The van der Waals surface area contributed by atoms with Crippen molar-refractivity contribution in [3.63, 3.8) is 0 Å². The molecule has 2 aromatic rings. The minimum absolute atomic E-state index is 0.0488. The van der Waals surface area contributed by atoms with Gasteiger partial charge in [0.05, 0.1) is 5.69 Å². The van der Waals surface area contributed by atoms with Crippen LogP contribution in [0.5, 0.6) is 5.75 Å². The number of oxazole rings is 1. The molecule has 0 unspecified atom stereocenters. The van der Waals surface area contributed by atoms with Crippen LogP contribution in [0.15, 0.2) is 22.6 Å². The Hall–Kier alpha value is -1.81. The Kier molecular flexibility index (Phi) is 5.62. The van der Waals surface area contributed by atoms with Gasteiger partial charge in [-0.3, -0.25) is 0 Å². The maximum absolute atomic E-state index is 9.06. The van der Waals surface area contributed by atoms with E-state index in [-0.39, 0.29) is 24.0 Å². The van der Waals surface area contributed by atoms with E-state index in [1.807, 2.05) is 6.92 Å². The van der Waals surface area contributed by atoms with Crippen LogP contribution < -0.4 is 4.74 Å². The number of aryl methyl sites for hydroxylation is 1. The van der Waals surface area contributed by atoms with E-state index in [2.05, 4.69) is 64.7 Å². The van der Waals surface area contributed by atoms with Crippen molar-refractivity contribution in [3.05, 3.63) is 46.7 Å². The number of nitrogens with zero attached hydrogens (tertiary/aromatic N) is 1. The molecule has 0 aliphatic heterocycles. The van der Waals surface area contributed by atoms with Crippen LogP contribution >= 0.6 is 0 Å². The number of hydrogen-bond acceptors (Lipinski definition) is 4. The monoisotopic (exact) mass is 345 g/mol. The summed E-state index contributed by atoms with van der Waals surface area (Å²) in [6.07, 6.45) is 0.503. The highest BCUT2D eigenvalue weighted by Gasteiger charge is 2.21. The van der Waals surface area contributed by atoms with Crippen LogP contribution in [0.4, 0.5) is 0 Å². The van der Waals surface area contributed by atoms with E-state index in [1.165, 1.54) is 11.1 Å². The highest BCUT2D eigenvalue weighted by atomic mass is 16.5. The number of hydrogen-bond donors (Lipinski definition) is 1. The molecule has 0 spiro atoms. The largest absolute Gasteiger partial charge is 0.484 e. The molecule has 0 saturated carbocycles. The van der Waals surface area contributed by atoms with Gasteiger partial charge in [-0.05, 0) is 41.0 Å². The third kappa shape index (κ3) is 5.08. The maximum Gasteiger partial charge on any atom is 0.232 e. The fourth-order valence-electron chi connectivity index (χ4n) is 2.58. The van der Waals surface area contributed by atoms with E-state index >= 15 is 0 Å². The SMILES string of the molecule is Cc1oc(COc2cc(C(C)(C)C)cc(C(C)(C)C)c2)nc1CCO. The molecule has 25 heavy (non-hydrogen) atoms. The minimum atomic E-state index is 0.0488. The molecule has 4 heteroatoms. The average molecular weight is 345 g/mol. The second-order valence-corrected chi connectivity index (χ2v) is 8.62. The first-order valence-corrected chi connectivity index (χ1v) is 8.85. The number of aliphatic hydroxyl groups excluding tert-OH is 1. The number of benzene rings is 1. The van der Waals surface area contributed by atoms with Crippen LogP contribution in [0.2, 0.25) is 0 Å². The standard InChI is InChI=1S/C21H31NO3/c1-14-18(8-9-23)22-19(25-14)13-24-17-11-15(20(2,3)4)10-16(12-17)21(5,6)7/h10-12,23H,8-9,13H2,1-7H3. The smallest absolute Gasteiger partial charge is 0.232 e. The van der Waals surface area contributed by atoms with E-state index in [9.17, 15) is 0 Å². The summed E-state index contributed by atoms with van der Waals surface area (Å²) >= 11 is 0. The first-order chi connectivity index (χ1) is 11.5. The van der Waals surface area contributed by atoms with Gasteiger partial charge in [0.25, 0.3) is 0 Å². The van der Waals surface area contributed by atoms with Crippen molar-refractivity contribution < 1.29 is 14.3 Å². The van der Waals surface area contributed by atoms with Gasteiger partial charge in [0, 0.05) is 13.0 Å². The minimum Gasteiger partial charge on any atom is -0.484 e. The third-order valence-electron chi connectivity index (χ3n) is 4.29. The molecule has 1 aromatic heterocycles. The van der Waals surface area contributed by atoms with Gasteiger partial charge < -0.3 is 14.3 Å². The Labute approximate surface area is 151 Å². The molecule has 0 bridgehead atoms. The Morgan fingerprint density at radius 2 is 1.56 bits per heavy atom. The lowest BCUT2D eigenvalue weighted by molar-refractivity contribution is 0.259. The Morgan fingerprint density at radius 3 is 2.04 bits per heavy atom. The number of aliphatic hydroxyl groups is 1. The van der Waals surface area contributed by atoms with E-state index in [4.69, 9.17) is 14.3 Å². The summed E-state index contributed by atoms with van der Waals surface area (Å²) < 4.78 is 11.6. The van der Waals surface area contributed by atoms with Crippen molar-refractivity contribution >= 4 is 0 Å². The van der Waals surface area contributed by atoms with Crippen molar-refractivity contribution in [3.8, 4) is 5.75 Å². The van der Waals surface area contributed by atoms with Crippen LogP contribution in [0.1, 0.15) is 70.0 Å². The van der Waals surface area contributed by atoms with Crippen LogP contribution in [-0.2, 0) is 23.9 Å². The van der Waals surface area contributed by atoms with Crippen LogP contribution in [-0.4, -0.2) is 16.7 Å². The van der Waals surface area contributed by atoms with E-state index in [0.717, 1.165) is 17.2 Å². The second-order valence-electron chi connectivity index (χ2n) is 8.62. The average Bonchev–Trinajstić information content (AvgIpc) is 2.84. The van der Waals surface area contributed by atoms with Crippen molar-refractivity contribution in [2.24, 2.45) is 0 Å². The Balaban J connectivity index is 2.25. The van der Waals surface area contributed by atoms with Gasteiger partial charge in [-0.15, -0.1) is 0 Å². The Morgan fingerprint density at radius 1 is 1.00 bits per heavy atom. The van der Waals surface area contributed by atoms with Gasteiger partial charge in [0.15, 0.2) is 6.61 Å². The lowest BCUT2D eigenvalue weighted by Crippen LogP contribution is -2.16. The van der Waals surface area contributed by atoms with Gasteiger partial charge >= 0.3 is 0 Å². The zero-order valence-electron chi connectivity index (χ0n) is 16.6. The second kappa shape index (κ2) is 7.20. The lowest BCUT2D eigenvalue weighted by Gasteiger charge is -2.26. The summed E-state index contributed by atoms with van der Waals surface area (Å²) in [7, 11) is 0. The Bertz CT molecular complexity index is 685. The normalized spacial score (nSPS) is 12.5. The van der Waals surface area contributed by atoms with Crippen molar-refractivity contribution in [1.82, 2.24) is 4.98 Å². The zero-order valence-corrected chi connectivity index (χ0v) is 16.6. The molecule has 1 N–H and O–H groups in total. The molecule has 0 atom stereocenters. The zero-order chi connectivity index (χ0) is 18.8. The van der Waals surface area contributed by atoms with Crippen molar-refractivity contribution in [2.75, 3.05) is 6.61 Å². The summed E-state index contributed by atoms with van der Waals surface area (Å²) in [6.45, 7) is 15.4. The van der Waals surface area contributed by atoms with E-state index < -0.39 is 0 Å². The third-order valence-corrected chi connectivity index (χ3v) is 4.29. The first-order valence-electron chi connectivity index (χ1n) is 8.85. The molecule has 138 valence electrons. The highest BCUT2D eigenvalue weighted by molar-refractivity contribution is 5.40. The molecule has 1 aromatic carbocycles. The van der Waals surface area contributed by atoms with Crippen molar-refractivity contribution in [2.45, 2.75) is 72.3 Å². The topological polar surface area (TPSA) is 55.5 Å². The molecule has 0 amide bonds. The molecule has 0 aliphatic carbocycles. The summed E-state index contributed by atoms with van der Waals surface area (Å²) in [5.74, 6) is 2.11. The van der Waals surface area contributed by atoms with Crippen LogP contribution in [0.25, 0.3) is 0 Å². The molecular weight excluding hydrogens is 314 g/mol. The number of rotatable bonds is 5. The number of ether oxygens (including phenoxy) is 1. The lowest BCUT2D eigenvalue weighted by atomic mass is 9.80. The first kappa shape index (κ1) is 19.5. The van der Waals surface area contributed by atoms with E-state index in [1.54, 1.807) is 0 Å². The summed E-state index contributed by atoms with van der Waals surface area (Å²) in [4.78, 5) is 4.41. The van der Waals surface area contributed by atoms with Crippen LogP contribution in [0, 0.1) is 6.92 Å². The quantitative estimate of drug-likeness (QED) is 0.854. The van der Waals surface area contributed by atoms with Gasteiger partial charge in [0.2, 0.25) is 5.89 Å². The molecule has 0 saturated heterocycles. The molecule has 1 heterocycles. The molecule has 0 fully saturated rings. The molecule has 4 nitrogen and oxygen atoms in total. The predicted octanol–water partition coefficient (Wildman–Crippen LogP) is 4.69. The highest BCUT2D eigenvalue weighted by Crippen LogP contribution is 2.33. The molecule has 0 aliphatic rings. The maximum atomic E-state index is 9.06. The fourth-order valence-corrected chi connectivity index (χ4v) is 2.58. The summed E-state index contributed by atoms with van der Waals surface area (Å²) in [6, 6.07) is 6.46. The van der Waals surface area contributed by atoms with Gasteiger partial charge in [0.1, 0.15) is 11.5 Å². The summed E-state index contributed by atoms with van der Waals surface area (Å²) in [5, 5.41) is 9.06. The van der Waals surface area contributed by atoms with Gasteiger partial charge in [-0.25, -0.2) is 4.98 Å². The van der Waals surface area contributed by atoms with Crippen LogP contribution in [0.3, 0.4) is 0 Å². The molecular formula is C21H31NO3. The number of aromatic nitrogens is 1. The predicted molar refractivity (Wildman–Crippen MR) is 100 cm³/mol. The fraction of sp³-hybridized carbons (Fsp3) is 0.571. The molecule has 0 radical (unpaired) electrons. The van der Waals surface area contributed by atoms with Gasteiger partial charge in [-0.2, -0.15) is 0 Å². The van der Waals surface area contributed by atoms with Crippen molar-refractivity contribution in [1.29, 1.82) is 0 Å². The molecule has 2 rings (SSSR count). The summed E-state index contributed by atoms with van der Waals surface area (Å²) in [5.41, 5.74) is 3.39. The van der Waals surface area contributed by atoms with E-state index in [0.29, 0.717) is 12.3 Å². The van der Waals surface area contributed by atoms with Gasteiger partial charge in [-0.1, -0.05) is 47.6 Å².